The Morgan fingerprint density at radius 2 is 2.00 bits per heavy atom. The first-order chi connectivity index (χ1) is 8.65. The van der Waals surface area contributed by atoms with E-state index in [1.54, 1.807) is 12.3 Å². The van der Waals surface area contributed by atoms with Crippen molar-refractivity contribution in [3.8, 4) is 0 Å². The molecule has 0 aliphatic rings. The van der Waals surface area contributed by atoms with Crippen molar-refractivity contribution in [2.24, 2.45) is 5.84 Å². The number of hydrogen-bond acceptors (Lipinski definition) is 3. The summed E-state index contributed by atoms with van der Waals surface area (Å²) in [6.45, 7) is 0. The van der Waals surface area contributed by atoms with Gasteiger partial charge in [0.15, 0.2) is 0 Å². The molecule has 0 aliphatic carbocycles. The van der Waals surface area contributed by atoms with Gasteiger partial charge in [-0.1, -0.05) is 35.3 Å². The van der Waals surface area contributed by atoms with E-state index < -0.39 is 0 Å². The zero-order chi connectivity index (χ0) is 13.1. The molecule has 1 aromatic heterocycles. The Balaban J connectivity index is 2.53. The first-order valence-electron chi connectivity index (χ1n) is 5.15. The van der Waals surface area contributed by atoms with E-state index in [0.29, 0.717) is 10.0 Å². The van der Waals surface area contributed by atoms with Gasteiger partial charge in [0, 0.05) is 10.7 Å². The van der Waals surface area contributed by atoms with Crippen molar-refractivity contribution in [3.05, 3.63) is 62.3 Å². The molecular formula is C12H10BrCl2N3. The molecule has 0 spiro atoms. The number of nitrogens with one attached hydrogen (secondary N) is 1. The Morgan fingerprint density at radius 3 is 2.67 bits per heavy atom. The van der Waals surface area contributed by atoms with Crippen LogP contribution in [0.1, 0.15) is 17.3 Å². The minimum absolute atomic E-state index is 0.327. The van der Waals surface area contributed by atoms with E-state index in [4.69, 9.17) is 29.0 Å². The maximum Gasteiger partial charge on any atom is 0.0907 e. The Bertz CT molecular complexity index is 563. The standard InChI is InChI=1S/C12H10BrCl2N3/c13-8-4-2-6-17-12(8)11(18-16)7-3-1-5-9(14)10(7)15/h1-6,11,18H,16H2. The highest BCUT2D eigenvalue weighted by Crippen LogP contribution is 2.34. The second kappa shape index (κ2) is 5.99. The van der Waals surface area contributed by atoms with Crippen LogP contribution in [0.3, 0.4) is 0 Å². The summed E-state index contributed by atoms with van der Waals surface area (Å²) in [7, 11) is 0. The van der Waals surface area contributed by atoms with Crippen molar-refractivity contribution in [2.45, 2.75) is 6.04 Å². The van der Waals surface area contributed by atoms with Gasteiger partial charge in [0.2, 0.25) is 0 Å². The molecule has 1 aromatic carbocycles. The summed E-state index contributed by atoms with van der Waals surface area (Å²) in [5, 5.41) is 0.959. The van der Waals surface area contributed by atoms with E-state index in [9.17, 15) is 0 Å². The van der Waals surface area contributed by atoms with Crippen LogP contribution in [0, 0.1) is 0 Å². The van der Waals surface area contributed by atoms with Crippen LogP contribution < -0.4 is 11.3 Å². The van der Waals surface area contributed by atoms with Crippen molar-refractivity contribution < 1.29 is 0 Å². The summed E-state index contributed by atoms with van der Waals surface area (Å²) < 4.78 is 0.851. The minimum atomic E-state index is -0.327. The molecule has 1 unspecified atom stereocenters. The van der Waals surface area contributed by atoms with E-state index in [0.717, 1.165) is 15.7 Å². The molecule has 0 saturated carbocycles. The number of halogens is 3. The fraction of sp³-hybridized carbons (Fsp3) is 0.0833. The zero-order valence-corrected chi connectivity index (χ0v) is 12.3. The third-order valence-corrected chi connectivity index (χ3v) is 4.02. The highest BCUT2D eigenvalue weighted by molar-refractivity contribution is 9.10. The van der Waals surface area contributed by atoms with Gasteiger partial charge in [0.05, 0.1) is 21.8 Å². The SMILES string of the molecule is NNC(c1cccc(Cl)c1Cl)c1ncccc1Br. The number of hydrogen-bond donors (Lipinski definition) is 2. The molecule has 1 atom stereocenters. The lowest BCUT2D eigenvalue weighted by molar-refractivity contribution is 0.618. The maximum absolute atomic E-state index is 6.20. The Labute approximate surface area is 123 Å². The monoisotopic (exact) mass is 345 g/mol. The van der Waals surface area contributed by atoms with Gasteiger partial charge in [-0.25, -0.2) is 5.43 Å². The number of nitrogens with zero attached hydrogens (tertiary/aromatic N) is 1. The third kappa shape index (κ3) is 2.68. The summed E-state index contributed by atoms with van der Waals surface area (Å²) in [5.74, 6) is 5.61. The molecule has 3 nitrogen and oxygen atoms in total. The van der Waals surface area contributed by atoms with Crippen LogP contribution in [-0.2, 0) is 0 Å². The van der Waals surface area contributed by atoms with Crippen LogP contribution in [0.5, 0.6) is 0 Å². The quantitative estimate of drug-likeness (QED) is 0.658. The highest BCUT2D eigenvalue weighted by Gasteiger charge is 2.20. The molecule has 6 heteroatoms. The molecule has 0 fully saturated rings. The number of pyridine rings is 1. The molecule has 0 saturated heterocycles. The summed E-state index contributed by atoms with van der Waals surface area (Å²) in [5.41, 5.74) is 4.25. The number of benzene rings is 1. The van der Waals surface area contributed by atoms with Crippen molar-refractivity contribution >= 4 is 39.1 Å². The van der Waals surface area contributed by atoms with Crippen molar-refractivity contribution in [2.75, 3.05) is 0 Å². The smallest absolute Gasteiger partial charge is 0.0907 e. The first kappa shape index (κ1) is 13.8. The minimum Gasteiger partial charge on any atom is -0.271 e. The van der Waals surface area contributed by atoms with E-state index in [-0.39, 0.29) is 6.04 Å². The second-order valence-electron chi connectivity index (χ2n) is 3.61. The average Bonchev–Trinajstić information content (AvgIpc) is 2.37. The Kier molecular flexibility index (Phi) is 4.59. The largest absolute Gasteiger partial charge is 0.271 e. The molecule has 0 radical (unpaired) electrons. The number of rotatable bonds is 3. The highest BCUT2D eigenvalue weighted by atomic mass is 79.9. The summed E-state index contributed by atoms with van der Waals surface area (Å²) in [4.78, 5) is 4.31. The van der Waals surface area contributed by atoms with E-state index >= 15 is 0 Å². The lowest BCUT2D eigenvalue weighted by Crippen LogP contribution is -2.30. The van der Waals surface area contributed by atoms with Crippen LogP contribution in [0.4, 0.5) is 0 Å². The van der Waals surface area contributed by atoms with E-state index in [1.165, 1.54) is 0 Å². The lowest BCUT2D eigenvalue weighted by atomic mass is 10.0. The van der Waals surface area contributed by atoms with Gasteiger partial charge in [0.25, 0.3) is 0 Å². The van der Waals surface area contributed by atoms with Crippen molar-refractivity contribution in [3.63, 3.8) is 0 Å². The molecule has 3 N–H and O–H groups in total. The molecule has 2 rings (SSSR count). The topological polar surface area (TPSA) is 50.9 Å². The Morgan fingerprint density at radius 1 is 1.22 bits per heavy atom. The van der Waals surface area contributed by atoms with Crippen LogP contribution >= 0.6 is 39.1 Å². The molecule has 0 amide bonds. The average molecular weight is 347 g/mol. The molecule has 18 heavy (non-hydrogen) atoms. The molecule has 0 aliphatic heterocycles. The number of hydrazine groups is 1. The zero-order valence-electron chi connectivity index (χ0n) is 9.20. The molecular weight excluding hydrogens is 337 g/mol. The summed E-state index contributed by atoms with van der Waals surface area (Å²) in [6, 6.07) is 8.82. The first-order valence-corrected chi connectivity index (χ1v) is 6.70. The van der Waals surface area contributed by atoms with Crippen molar-refractivity contribution in [1.82, 2.24) is 10.4 Å². The van der Waals surface area contributed by atoms with Gasteiger partial charge in [-0.05, 0) is 39.7 Å². The summed E-state index contributed by atoms with van der Waals surface area (Å²) in [6.07, 6.45) is 1.70. The van der Waals surface area contributed by atoms with Gasteiger partial charge in [-0.2, -0.15) is 0 Å². The second-order valence-corrected chi connectivity index (χ2v) is 5.25. The van der Waals surface area contributed by atoms with Gasteiger partial charge in [-0.15, -0.1) is 0 Å². The predicted octanol–water partition coefficient (Wildman–Crippen LogP) is 3.70. The fourth-order valence-electron chi connectivity index (χ4n) is 1.67. The number of aromatic nitrogens is 1. The van der Waals surface area contributed by atoms with Crippen LogP contribution in [0.2, 0.25) is 10.0 Å². The van der Waals surface area contributed by atoms with Crippen LogP contribution in [-0.4, -0.2) is 4.98 Å². The molecule has 2 aromatic rings. The van der Waals surface area contributed by atoms with Gasteiger partial charge < -0.3 is 0 Å². The van der Waals surface area contributed by atoms with E-state index in [2.05, 4.69) is 26.3 Å². The fourth-order valence-corrected chi connectivity index (χ4v) is 2.57. The van der Waals surface area contributed by atoms with Gasteiger partial charge >= 0.3 is 0 Å². The van der Waals surface area contributed by atoms with Crippen LogP contribution in [0.25, 0.3) is 0 Å². The third-order valence-electron chi connectivity index (χ3n) is 2.52. The normalized spacial score (nSPS) is 12.4. The van der Waals surface area contributed by atoms with Gasteiger partial charge in [-0.3, -0.25) is 10.8 Å². The van der Waals surface area contributed by atoms with Gasteiger partial charge in [0.1, 0.15) is 0 Å². The van der Waals surface area contributed by atoms with Crippen LogP contribution in [0.15, 0.2) is 41.0 Å². The molecule has 94 valence electrons. The predicted molar refractivity (Wildman–Crippen MR) is 77.6 cm³/mol. The van der Waals surface area contributed by atoms with E-state index in [1.807, 2.05) is 24.3 Å². The van der Waals surface area contributed by atoms with Crippen molar-refractivity contribution in [1.29, 1.82) is 0 Å². The summed E-state index contributed by atoms with van der Waals surface area (Å²) >= 11 is 15.7. The lowest BCUT2D eigenvalue weighted by Gasteiger charge is -2.18. The molecule has 0 bridgehead atoms. The maximum atomic E-state index is 6.20. The Hall–Kier alpha value is -0.650. The number of nitrogens with two attached hydrogens (primary N) is 1. The molecule has 1 heterocycles.